The van der Waals surface area contributed by atoms with Crippen LogP contribution in [-0.2, 0) is 11.3 Å². The van der Waals surface area contributed by atoms with Crippen LogP contribution in [0, 0.1) is 6.92 Å². The van der Waals surface area contributed by atoms with Crippen LogP contribution in [0.3, 0.4) is 0 Å². The highest BCUT2D eigenvalue weighted by Crippen LogP contribution is 2.32. The van der Waals surface area contributed by atoms with Crippen LogP contribution in [0.4, 0.5) is 5.13 Å². The zero-order valence-electron chi connectivity index (χ0n) is 17.4. The minimum Gasteiger partial charge on any atom is -0.497 e. The topological polar surface area (TPSA) is 72.3 Å². The molecule has 0 saturated carbocycles. The van der Waals surface area contributed by atoms with Crippen LogP contribution in [0.2, 0.25) is 5.02 Å². The predicted octanol–water partition coefficient (Wildman–Crippen LogP) is 4.21. The van der Waals surface area contributed by atoms with Crippen molar-refractivity contribution >= 4 is 44.3 Å². The molecule has 0 aliphatic rings. The van der Waals surface area contributed by atoms with Crippen LogP contribution in [0.1, 0.15) is 11.3 Å². The number of fused-ring (bicyclic) bond motifs is 1. The van der Waals surface area contributed by atoms with Gasteiger partial charge in [0.25, 0.3) is 0 Å². The minimum absolute atomic E-state index is 0.102. The summed E-state index contributed by atoms with van der Waals surface area (Å²) < 4.78 is 8.04. The van der Waals surface area contributed by atoms with E-state index in [0.717, 1.165) is 38.2 Å². The fourth-order valence-corrected chi connectivity index (χ4v) is 4.31. The van der Waals surface area contributed by atoms with Crippen LogP contribution in [0.15, 0.2) is 48.5 Å². The quantitative estimate of drug-likeness (QED) is 0.452. The number of thiazole rings is 1. The molecule has 7 nitrogen and oxygen atoms in total. The van der Waals surface area contributed by atoms with Crippen LogP contribution in [-0.4, -0.2) is 41.4 Å². The van der Waals surface area contributed by atoms with Crippen LogP contribution >= 0.6 is 22.9 Å². The Balaban J connectivity index is 1.48. The van der Waals surface area contributed by atoms with Crippen molar-refractivity contribution in [1.82, 2.24) is 20.1 Å². The Morgan fingerprint density at radius 2 is 1.97 bits per heavy atom. The lowest BCUT2D eigenvalue weighted by molar-refractivity contribution is -0.119. The summed E-state index contributed by atoms with van der Waals surface area (Å²) in [6, 6.07) is 15.1. The number of benzene rings is 2. The van der Waals surface area contributed by atoms with E-state index >= 15 is 0 Å². The Labute approximate surface area is 189 Å². The third kappa shape index (κ3) is 4.50. The fourth-order valence-electron chi connectivity index (χ4n) is 3.16. The highest BCUT2D eigenvalue weighted by Gasteiger charge is 2.18. The second-order valence-corrected chi connectivity index (χ2v) is 8.45. The molecule has 2 aromatic carbocycles. The molecule has 4 rings (SSSR count). The number of likely N-dealkylation sites (N-methyl/N-ethyl adjacent to an activating group) is 1. The van der Waals surface area contributed by atoms with Crippen molar-refractivity contribution in [3.05, 3.63) is 64.8 Å². The van der Waals surface area contributed by atoms with Gasteiger partial charge in [-0.15, -0.1) is 0 Å². The Morgan fingerprint density at radius 1 is 1.23 bits per heavy atom. The first kappa shape index (κ1) is 21.1. The van der Waals surface area contributed by atoms with E-state index in [2.05, 4.69) is 10.4 Å². The summed E-state index contributed by atoms with van der Waals surface area (Å²) in [4.78, 5) is 19.0. The summed E-state index contributed by atoms with van der Waals surface area (Å²) in [7, 11) is 3.49. The van der Waals surface area contributed by atoms with E-state index in [1.807, 2.05) is 72.1 Å². The molecule has 0 bridgehead atoms. The van der Waals surface area contributed by atoms with E-state index in [1.54, 1.807) is 7.11 Å². The average molecular weight is 456 g/mol. The van der Waals surface area contributed by atoms with E-state index in [9.17, 15) is 4.79 Å². The number of ether oxygens (including phenoxy) is 1. The predicted molar refractivity (Wildman–Crippen MR) is 125 cm³/mol. The first-order valence-corrected chi connectivity index (χ1v) is 10.9. The highest BCUT2D eigenvalue weighted by atomic mass is 35.5. The van der Waals surface area contributed by atoms with Crippen molar-refractivity contribution in [2.75, 3.05) is 25.6 Å². The molecule has 1 amide bonds. The first-order valence-electron chi connectivity index (χ1n) is 9.68. The maximum Gasteiger partial charge on any atom is 0.239 e. The molecule has 4 aromatic rings. The second-order valence-electron chi connectivity index (χ2n) is 7.07. The van der Waals surface area contributed by atoms with Crippen molar-refractivity contribution in [3.63, 3.8) is 0 Å². The molecule has 0 unspecified atom stereocenters. The molecule has 2 heterocycles. The van der Waals surface area contributed by atoms with Gasteiger partial charge in [0.1, 0.15) is 5.75 Å². The smallest absolute Gasteiger partial charge is 0.239 e. The molecule has 0 radical (unpaired) electrons. The lowest BCUT2D eigenvalue weighted by atomic mass is 10.2. The van der Waals surface area contributed by atoms with Gasteiger partial charge >= 0.3 is 0 Å². The summed E-state index contributed by atoms with van der Waals surface area (Å²) in [5, 5.41) is 8.93. The normalized spacial score (nSPS) is 11.0. The SMILES string of the molecule is COc1ccc(-n2nc(C)c3sc(N(C)CC(=O)NCc4ccccc4Cl)nc32)cc1. The molecule has 0 fully saturated rings. The van der Waals surface area contributed by atoms with Gasteiger partial charge in [0.15, 0.2) is 10.8 Å². The van der Waals surface area contributed by atoms with Gasteiger partial charge < -0.3 is 15.0 Å². The zero-order chi connectivity index (χ0) is 22.0. The molecule has 0 aliphatic heterocycles. The average Bonchev–Trinajstić information content (AvgIpc) is 3.34. The second kappa shape index (κ2) is 8.95. The number of aromatic nitrogens is 3. The molecule has 1 N–H and O–H groups in total. The lowest BCUT2D eigenvalue weighted by Gasteiger charge is -2.15. The number of halogens is 1. The number of nitrogens with zero attached hydrogens (tertiary/aromatic N) is 4. The van der Waals surface area contributed by atoms with E-state index in [1.165, 1.54) is 11.3 Å². The molecule has 0 spiro atoms. The number of anilines is 1. The van der Waals surface area contributed by atoms with Crippen LogP contribution in [0.5, 0.6) is 5.75 Å². The third-order valence-corrected chi connectivity index (χ3v) is 6.47. The highest BCUT2D eigenvalue weighted by molar-refractivity contribution is 7.22. The van der Waals surface area contributed by atoms with Crippen molar-refractivity contribution in [1.29, 1.82) is 0 Å². The van der Waals surface area contributed by atoms with Gasteiger partial charge in [0.2, 0.25) is 5.91 Å². The number of carbonyl (C=O) groups excluding carboxylic acids is 1. The first-order chi connectivity index (χ1) is 15.0. The molecule has 0 atom stereocenters. The van der Waals surface area contributed by atoms with Crippen molar-refractivity contribution < 1.29 is 9.53 Å². The number of hydrogen-bond acceptors (Lipinski definition) is 6. The largest absolute Gasteiger partial charge is 0.497 e. The minimum atomic E-state index is -0.102. The Bertz CT molecular complexity index is 1220. The molecule has 2 aromatic heterocycles. The van der Waals surface area contributed by atoms with E-state index < -0.39 is 0 Å². The van der Waals surface area contributed by atoms with Gasteiger partial charge in [-0.25, -0.2) is 4.68 Å². The molecule has 160 valence electrons. The van der Waals surface area contributed by atoms with Crippen LogP contribution < -0.4 is 15.0 Å². The van der Waals surface area contributed by atoms with Crippen molar-refractivity contribution in [2.24, 2.45) is 0 Å². The monoisotopic (exact) mass is 455 g/mol. The number of nitrogens with one attached hydrogen (secondary N) is 1. The number of rotatable bonds is 7. The summed E-state index contributed by atoms with van der Waals surface area (Å²) in [6.07, 6.45) is 0. The number of methoxy groups -OCH3 is 1. The maximum absolute atomic E-state index is 12.4. The summed E-state index contributed by atoms with van der Waals surface area (Å²) in [6.45, 7) is 2.54. The summed E-state index contributed by atoms with van der Waals surface area (Å²) >= 11 is 7.67. The summed E-state index contributed by atoms with van der Waals surface area (Å²) in [5.41, 5.74) is 3.45. The van der Waals surface area contributed by atoms with Gasteiger partial charge in [-0.1, -0.05) is 41.1 Å². The van der Waals surface area contributed by atoms with Crippen molar-refractivity contribution in [3.8, 4) is 11.4 Å². The van der Waals surface area contributed by atoms with Gasteiger partial charge in [-0.2, -0.15) is 10.1 Å². The maximum atomic E-state index is 12.4. The number of aryl methyl sites for hydroxylation is 1. The zero-order valence-corrected chi connectivity index (χ0v) is 19.0. The molecular weight excluding hydrogens is 434 g/mol. The van der Waals surface area contributed by atoms with E-state index in [0.29, 0.717) is 11.6 Å². The molecule has 0 aliphatic carbocycles. The molecule has 0 saturated heterocycles. The standard InChI is InChI=1S/C22H22ClN5O2S/c1-14-20-21(28(26-14)16-8-10-17(30-3)11-9-16)25-22(31-20)27(2)13-19(29)24-12-15-6-4-5-7-18(15)23/h4-11H,12-13H2,1-3H3,(H,24,29). The van der Waals surface area contributed by atoms with Gasteiger partial charge in [-0.3, -0.25) is 4.79 Å². The Morgan fingerprint density at radius 3 is 2.68 bits per heavy atom. The Kier molecular flexibility index (Phi) is 6.11. The molecule has 31 heavy (non-hydrogen) atoms. The summed E-state index contributed by atoms with van der Waals surface area (Å²) in [5.74, 6) is 0.681. The fraction of sp³-hybridized carbons (Fsp3) is 0.227. The number of hydrogen-bond donors (Lipinski definition) is 1. The molecule has 9 heteroatoms. The third-order valence-electron chi connectivity index (χ3n) is 4.84. The van der Waals surface area contributed by atoms with Crippen LogP contribution in [0.25, 0.3) is 16.0 Å². The van der Waals surface area contributed by atoms with Crippen molar-refractivity contribution in [2.45, 2.75) is 13.5 Å². The number of carbonyl (C=O) groups is 1. The number of amides is 1. The lowest BCUT2D eigenvalue weighted by Crippen LogP contribution is -2.34. The van der Waals surface area contributed by atoms with Gasteiger partial charge in [-0.05, 0) is 42.8 Å². The molecular formula is C22H22ClN5O2S. The van der Waals surface area contributed by atoms with Gasteiger partial charge in [0.05, 0.1) is 29.7 Å². The van der Waals surface area contributed by atoms with Gasteiger partial charge in [0, 0.05) is 18.6 Å². The van der Waals surface area contributed by atoms with E-state index in [-0.39, 0.29) is 12.5 Å². The Hall–Kier alpha value is -3.10. The van der Waals surface area contributed by atoms with E-state index in [4.69, 9.17) is 21.3 Å².